The van der Waals surface area contributed by atoms with Gasteiger partial charge in [-0.25, -0.2) is 0 Å². The molecule has 0 unspecified atom stereocenters. The molecule has 2 heteroatoms. The molecule has 0 aromatic carbocycles. The zero-order chi connectivity index (χ0) is 18.4. The van der Waals surface area contributed by atoms with E-state index in [0.717, 1.165) is 55.5 Å². The number of hydrogen-bond donors (Lipinski definition) is 1. The molecule has 1 spiro atoms. The highest BCUT2D eigenvalue weighted by Gasteiger charge is 2.67. The summed E-state index contributed by atoms with van der Waals surface area (Å²) in [6.07, 6.45) is 12.6. The van der Waals surface area contributed by atoms with Crippen molar-refractivity contribution in [3.8, 4) is 0 Å². The van der Waals surface area contributed by atoms with Crippen LogP contribution < -0.4 is 0 Å². The van der Waals surface area contributed by atoms with Crippen molar-refractivity contribution in [2.45, 2.75) is 103 Å². The first-order valence-electron chi connectivity index (χ1n) is 11.6. The lowest BCUT2D eigenvalue weighted by Crippen LogP contribution is -2.58. The van der Waals surface area contributed by atoms with Gasteiger partial charge in [-0.3, -0.25) is 0 Å². The lowest BCUT2D eigenvalue weighted by atomic mass is 9.43. The number of rotatable bonds is 2. The highest BCUT2D eigenvalue weighted by Crippen LogP contribution is 2.70. The van der Waals surface area contributed by atoms with E-state index in [9.17, 15) is 5.11 Å². The fourth-order valence-electron chi connectivity index (χ4n) is 9.08. The standard InChI is InChI=1S/C24H40O2/c1-5-10-24(25)12-9-20-18-7-6-17-14-23(15-26-23)16(2)13-21(17,3)19(18)8-11-22(20,24)4/h16-20,25H,5-15H2,1-4H3/t16-,17-,18-,19+,20-,21+,22+,23-,24+/m1/s1. The molecular formula is C24H40O2. The van der Waals surface area contributed by atoms with Crippen molar-refractivity contribution in [2.75, 3.05) is 6.61 Å². The average Bonchev–Trinajstić information content (AvgIpc) is 3.31. The molecule has 5 rings (SSSR count). The van der Waals surface area contributed by atoms with Gasteiger partial charge in [0.1, 0.15) is 0 Å². The molecule has 2 nitrogen and oxygen atoms in total. The van der Waals surface area contributed by atoms with Crippen LogP contribution in [0.5, 0.6) is 0 Å². The molecule has 1 saturated heterocycles. The maximum atomic E-state index is 11.5. The Kier molecular flexibility index (Phi) is 3.80. The summed E-state index contributed by atoms with van der Waals surface area (Å²) >= 11 is 0. The van der Waals surface area contributed by atoms with Crippen LogP contribution in [0.1, 0.15) is 91.9 Å². The first-order valence-corrected chi connectivity index (χ1v) is 11.6. The van der Waals surface area contributed by atoms with E-state index < -0.39 is 0 Å². The number of epoxide rings is 1. The molecule has 1 aliphatic heterocycles. The summed E-state index contributed by atoms with van der Waals surface area (Å²) in [5, 5.41) is 11.5. The first kappa shape index (κ1) is 18.0. The van der Waals surface area contributed by atoms with Gasteiger partial charge in [-0.1, -0.05) is 34.1 Å². The van der Waals surface area contributed by atoms with Gasteiger partial charge >= 0.3 is 0 Å². The molecule has 9 atom stereocenters. The monoisotopic (exact) mass is 360 g/mol. The van der Waals surface area contributed by atoms with Crippen LogP contribution in [0.15, 0.2) is 0 Å². The lowest BCUT2D eigenvalue weighted by Gasteiger charge is -2.62. The predicted octanol–water partition coefficient (Wildman–Crippen LogP) is 5.58. The Balaban J connectivity index is 1.43. The van der Waals surface area contributed by atoms with Crippen molar-refractivity contribution in [1.29, 1.82) is 0 Å². The van der Waals surface area contributed by atoms with E-state index in [0.29, 0.717) is 5.41 Å². The van der Waals surface area contributed by atoms with Crippen molar-refractivity contribution < 1.29 is 9.84 Å². The number of ether oxygens (including phenoxy) is 1. The molecule has 26 heavy (non-hydrogen) atoms. The minimum Gasteiger partial charge on any atom is -0.389 e. The fraction of sp³-hybridized carbons (Fsp3) is 1.00. The SMILES string of the molecule is CCC[C@]1(O)CC[C@@H]2[C@@H]3CC[C@@H]4C[C@@]5(CO5)[C@H](C)C[C@]4(C)[C@H]3CC[C@@]21C. The summed E-state index contributed by atoms with van der Waals surface area (Å²) in [7, 11) is 0. The van der Waals surface area contributed by atoms with Crippen molar-refractivity contribution in [3.63, 3.8) is 0 Å². The molecule has 0 radical (unpaired) electrons. The van der Waals surface area contributed by atoms with Gasteiger partial charge in [0.05, 0.1) is 17.8 Å². The molecule has 1 N–H and O–H groups in total. The van der Waals surface area contributed by atoms with Crippen molar-refractivity contribution in [3.05, 3.63) is 0 Å². The van der Waals surface area contributed by atoms with Crippen LogP contribution in [0, 0.1) is 40.4 Å². The molecule has 0 amide bonds. The molecule has 0 bridgehead atoms. The maximum absolute atomic E-state index is 11.5. The Morgan fingerprint density at radius 3 is 2.42 bits per heavy atom. The molecule has 5 aliphatic rings. The topological polar surface area (TPSA) is 32.8 Å². The maximum Gasteiger partial charge on any atom is 0.0944 e. The third-order valence-electron chi connectivity index (χ3n) is 10.8. The Morgan fingerprint density at radius 1 is 1.00 bits per heavy atom. The van der Waals surface area contributed by atoms with E-state index in [-0.39, 0.29) is 16.6 Å². The zero-order valence-electron chi connectivity index (χ0n) is 17.5. The number of fused-ring (bicyclic) bond motifs is 5. The molecule has 4 aliphatic carbocycles. The summed E-state index contributed by atoms with van der Waals surface area (Å²) in [5.41, 5.74) is 0.580. The second-order valence-electron chi connectivity index (χ2n) is 11.6. The first-order chi connectivity index (χ1) is 12.3. The number of aliphatic hydroxyl groups is 1. The van der Waals surface area contributed by atoms with Gasteiger partial charge in [0, 0.05) is 0 Å². The number of hydrogen-bond acceptors (Lipinski definition) is 2. The van der Waals surface area contributed by atoms with Crippen LogP contribution in [0.4, 0.5) is 0 Å². The van der Waals surface area contributed by atoms with Crippen molar-refractivity contribution >= 4 is 0 Å². The van der Waals surface area contributed by atoms with Crippen molar-refractivity contribution in [1.82, 2.24) is 0 Å². The summed E-state index contributed by atoms with van der Waals surface area (Å²) in [6.45, 7) is 10.8. The van der Waals surface area contributed by atoms with E-state index in [1.807, 2.05) is 0 Å². The highest BCUT2D eigenvalue weighted by atomic mass is 16.6. The third kappa shape index (κ3) is 2.12. The fourth-order valence-corrected chi connectivity index (χ4v) is 9.08. The molecule has 0 aromatic rings. The predicted molar refractivity (Wildman–Crippen MR) is 105 cm³/mol. The van der Waals surface area contributed by atoms with Crippen molar-refractivity contribution in [2.24, 2.45) is 40.4 Å². The second-order valence-corrected chi connectivity index (χ2v) is 11.6. The Labute approximate surface area is 160 Å². The van der Waals surface area contributed by atoms with Gasteiger partial charge in [-0.05, 0) is 98.2 Å². The smallest absolute Gasteiger partial charge is 0.0944 e. The molecular weight excluding hydrogens is 320 g/mol. The Bertz CT molecular complexity index is 583. The molecule has 5 fully saturated rings. The largest absolute Gasteiger partial charge is 0.389 e. The van der Waals surface area contributed by atoms with Gasteiger partial charge in [0.2, 0.25) is 0 Å². The van der Waals surface area contributed by atoms with E-state index in [4.69, 9.17) is 4.74 Å². The van der Waals surface area contributed by atoms with Crippen LogP contribution in [0.2, 0.25) is 0 Å². The van der Waals surface area contributed by atoms with E-state index in [1.165, 1.54) is 44.9 Å². The Morgan fingerprint density at radius 2 is 1.73 bits per heavy atom. The van der Waals surface area contributed by atoms with Gasteiger partial charge < -0.3 is 9.84 Å². The molecule has 1 heterocycles. The normalized spacial score (nSPS) is 61.0. The van der Waals surface area contributed by atoms with Gasteiger partial charge in [0.25, 0.3) is 0 Å². The molecule has 0 aromatic heterocycles. The minimum absolute atomic E-state index is 0.175. The summed E-state index contributed by atoms with van der Waals surface area (Å²) < 4.78 is 5.99. The van der Waals surface area contributed by atoms with Gasteiger partial charge in [0.15, 0.2) is 0 Å². The second kappa shape index (κ2) is 5.50. The van der Waals surface area contributed by atoms with E-state index in [1.54, 1.807) is 0 Å². The van der Waals surface area contributed by atoms with Crippen LogP contribution >= 0.6 is 0 Å². The average molecular weight is 361 g/mol. The summed E-state index contributed by atoms with van der Waals surface area (Å²) in [4.78, 5) is 0. The van der Waals surface area contributed by atoms with Crippen LogP contribution in [0.3, 0.4) is 0 Å². The van der Waals surface area contributed by atoms with Gasteiger partial charge in [-0.15, -0.1) is 0 Å². The van der Waals surface area contributed by atoms with Crippen LogP contribution in [-0.4, -0.2) is 22.9 Å². The quantitative estimate of drug-likeness (QED) is 0.652. The third-order valence-corrected chi connectivity index (χ3v) is 10.8. The lowest BCUT2D eigenvalue weighted by molar-refractivity contribution is -0.163. The molecule has 4 saturated carbocycles. The van der Waals surface area contributed by atoms with Gasteiger partial charge in [-0.2, -0.15) is 0 Å². The van der Waals surface area contributed by atoms with Crippen LogP contribution in [-0.2, 0) is 4.74 Å². The van der Waals surface area contributed by atoms with E-state index in [2.05, 4.69) is 27.7 Å². The Hall–Kier alpha value is -0.0800. The van der Waals surface area contributed by atoms with Crippen LogP contribution in [0.25, 0.3) is 0 Å². The summed E-state index contributed by atoms with van der Waals surface area (Å²) in [5.74, 6) is 4.13. The zero-order valence-corrected chi connectivity index (χ0v) is 17.5. The summed E-state index contributed by atoms with van der Waals surface area (Å²) in [6, 6.07) is 0. The molecule has 148 valence electrons. The highest BCUT2D eigenvalue weighted by molar-refractivity contribution is 5.16. The van der Waals surface area contributed by atoms with E-state index >= 15 is 0 Å². The minimum atomic E-state index is -0.388.